The van der Waals surface area contributed by atoms with Gasteiger partial charge in [-0.1, -0.05) is 191 Å². The largest absolute Gasteiger partial charge is 0.0616 e. The number of rotatable bonds is 3. The van der Waals surface area contributed by atoms with Crippen LogP contribution in [0.2, 0.25) is 0 Å². The van der Waals surface area contributed by atoms with Crippen molar-refractivity contribution in [3.63, 3.8) is 0 Å². The minimum Gasteiger partial charge on any atom is -0.0616 e. The molecule has 0 aromatic heterocycles. The van der Waals surface area contributed by atoms with E-state index in [0.29, 0.717) is 0 Å². The molecule has 0 bridgehead atoms. The van der Waals surface area contributed by atoms with Crippen LogP contribution in [-0.4, -0.2) is 0 Å². The van der Waals surface area contributed by atoms with Crippen LogP contribution < -0.4 is 0 Å². The second kappa shape index (κ2) is 11.4. The Morgan fingerprint density at radius 3 is 1.25 bits per heavy atom. The summed E-state index contributed by atoms with van der Waals surface area (Å²) in [6, 6.07) is 66.4. The zero-order chi connectivity index (χ0) is 37.3. The van der Waals surface area contributed by atoms with Gasteiger partial charge in [-0.3, -0.25) is 0 Å². The molecule has 0 nitrogen and oxygen atoms in total. The molecule has 0 spiro atoms. The summed E-state index contributed by atoms with van der Waals surface area (Å²) in [6.45, 7) is 6.96. The topological polar surface area (TPSA) is 0 Å². The van der Waals surface area contributed by atoms with Crippen LogP contribution in [-0.2, 0) is 5.41 Å². The van der Waals surface area contributed by atoms with Gasteiger partial charge in [0.05, 0.1) is 0 Å². The zero-order valence-electron chi connectivity index (χ0n) is 31.7. The standard InChI is InChI=1S/C56H38/c1-56(2,3)35-26-27-50-51(32-35)52(34-24-22-33(23-25-34)36-28-29-47-39-14-6-4-12-37(39)42-19-10-18-41(36)53(42)47)44-16-8-9-17-45(44)55(50)49-31-30-48-40-15-7-5-13-38(40)43-20-11-21-46(49)54(43)48/h4-32H,1-3H3. The van der Waals surface area contributed by atoms with Crippen LogP contribution in [0.1, 0.15) is 26.3 Å². The van der Waals surface area contributed by atoms with E-state index in [2.05, 4.69) is 197 Å². The predicted molar refractivity (Wildman–Crippen MR) is 240 cm³/mol. The molecule has 0 aliphatic heterocycles. The fourth-order valence-corrected chi connectivity index (χ4v) is 10.1. The van der Waals surface area contributed by atoms with E-state index < -0.39 is 0 Å². The number of benzene rings is 10. The third-order valence-corrected chi connectivity index (χ3v) is 12.7. The van der Waals surface area contributed by atoms with Gasteiger partial charge in [0, 0.05) is 0 Å². The SMILES string of the molecule is CC(C)(C)c1ccc2c(-c3ccc4c5c(cccc35)-c3ccccc3-4)c3ccccc3c(-c3ccc(-c4ccc5c6c(cccc46)-c4ccccc4-5)cc3)c2c1. The van der Waals surface area contributed by atoms with Crippen LogP contribution >= 0.6 is 0 Å². The van der Waals surface area contributed by atoms with Crippen molar-refractivity contribution in [1.29, 1.82) is 0 Å². The van der Waals surface area contributed by atoms with Gasteiger partial charge in [0.15, 0.2) is 0 Å². The quantitative estimate of drug-likeness (QED) is 0.160. The van der Waals surface area contributed by atoms with Crippen molar-refractivity contribution in [3.05, 3.63) is 181 Å². The van der Waals surface area contributed by atoms with Crippen LogP contribution in [0.25, 0.3) is 121 Å². The summed E-state index contributed by atoms with van der Waals surface area (Å²) >= 11 is 0. The van der Waals surface area contributed by atoms with Crippen LogP contribution in [0.5, 0.6) is 0 Å². The highest BCUT2D eigenvalue weighted by atomic mass is 14.3. The van der Waals surface area contributed by atoms with Gasteiger partial charge >= 0.3 is 0 Å². The van der Waals surface area contributed by atoms with Crippen LogP contribution in [0.15, 0.2) is 176 Å². The van der Waals surface area contributed by atoms with Crippen molar-refractivity contribution in [2.45, 2.75) is 26.2 Å². The van der Waals surface area contributed by atoms with Gasteiger partial charge in [0.25, 0.3) is 0 Å². The van der Waals surface area contributed by atoms with E-state index in [1.807, 2.05) is 0 Å². The molecule has 56 heavy (non-hydrogen) atoms. The maximum atomic E-state index is 2.48. The fourth-order valence-electron chi connectivity index (χ4n) is 10.1. The van der Waals surface area contributed by atoms with Gasteiger partial charge in [-0.15, -0.1) is 0 Å². The summed E-state index contributed by atoms with van der Waals surface area (Å²) in [4.78, 5) is 0. The lowest BCUT2D eigenvalue weighted by Gasteiger charge is -2.23. The van der Waals surface area contributed by atoms with Crippen LogP contribution in [0, 0.1) is 0 Å². The van der Waals surface area contributed by atoms with Gasteiger partial charge in [-0.25, -0.2) is 0 Å². The Labute approximate surface area is 327 Å². The first-order chi connectivity index (χ1) is 27.4. The molecule has 0 unspecified atom stereocenters. The molecule has 2 aliphatic rings. The first-order valence-corrected chi connectivity index (χ1v) is 19.9. The smallest absolute Gasteiger partial charge is 0.00201 e. The average molecular weight is 711 g/mol. The van der Waals surface area contributed by atoms with E-state index >= 15 is 0 Å². The van der Waals surface area contributed by atoms with Gasteiger partial charge in [-0.05, 0) is 138 Å². The highest BCUT2D eigenvalue weighted by Gasteiger charge is 2.26. The Balaban J connectivity index is 1.09. The summed E-state index contributed by atoms with van der Waals surface area (Å²) in [5.41, 5.74) is 19.7. The lowest BCUT2D eigenvalue weighted by atomic mass is 9.80. The second-order valence-electron chi connectivity index (χ2n) is 16.8. The molecule has 12 rings (SSSR count). The van der Waals surface area contributed by atoms with Crippen molar-refractivity contribution in [2.24, 2.45) is 0 Å². The maximum Gasteiger partial charge on any atom is -0.00201 e. The maximum absolute atomic E-state index is 2.48. The molecule has 0 saturated heterocycles. The Kier molecular flexibility index (Phi) is 6.42. The number of fused-ring (bicyclic) bond motifs is 8. The fraction of sp³-hybridized carbons (Fsp3) is 0.0714. The molecular weight excluding hydrogens is 673 g/mol. The number of hydrogen-bond acceptors (Lipinski definition) is 0. The molecule has 0 N–H and O–H groups in total. The summed E-state index contributed by atoms with van der Waals surface area (Å²) < 4.78 is 0. The first kappa shape index (κ1) is 31.6. The minimum absolute atomic E-state index is 0.00430. The summed E-state index contributed by atoms with van der Waals surface area (Å²) in [5, 5.41) is 10.5. The van der Waals surface area contributed by atoms with Gasteiger partial charge in [-0.2, -0.15) is 0 Å². The molecule has 0 heteroatoms. The van der Waals surface area contributed by atoms with E-state index in [4.69, 9.17) is 0 Å². The van der Waals surface area contributed by atoms with Crippen molar-refractivity contribution >= 4 is 43.1 Å². The van der Waals surface area contributed by atoms with Gasteiger partial charge in [0.2, 0.25) is 0 Å². The molecule has 0 radical (unpaired) electrons. The van der Waals surface area contributed by atoms with E-state index in [0.717, 1.165) is 0 Å². The van der Waals surface area contributed by atoms with E-state index in [-0.39, 0.29) is 5.41 Å². The zero-order valence-corrected chi connectivity index (χ0v) is 31.7. The molecule has 0 atom stereocenters. The normalized spacial score (nSPS) is 12.6. The Morgan fingerprint density at radius 1 is 0.268 bits per heavy atom. The highest BCUT2D eigenvalue weighted by Crippen LogP contribution is 2.53. The van der Waals surface area contributed by atoms with Crippen LogP contribution in [0.3, 0.4) is 0 Å². The van der Waals surface area contributed by atoms with E-state index in [9.17, 15) is 0 Å². The molecule has 262 valence electrons. The molecule has 0 saturated carbocycles. The predicted octanol–water partition coefficient (Wildman–Crippen LogP) is 15.9. The third kappa shape index (κ3) is 4.30. The van der Waals surface area contributed by atoms with Crippen molar-refractivity contribution < 1.29 is 0 Å². The van der Waals surface area contributed by atoms with E-state index in [1.54, 1.807) is 0 Å². The van der Waals surface area contributed by atoms with Crippen molar-refractivity contribution in [2.75, 3.05) is 0 Å². The molecular formula is C56H38. The van der Waals surface area contributed by atoms with Crippen LogP contribution in [0.4, 0.5) is 0 Å². The lowest BCUT2D eigenvalue weighted by Crippen LogP contribution is -2.10. The second-order valence-corrected chi connectivity index (χ2v) is 16.8. The molecule has 0 fully saturated rings. The lowest BCUT2D eigenvalue weighted by molar-refractivity contribution is 0.591. The minimum atomic E-state index is 0.00430. The monoisotopic (exact) mass is 710 g/mol. The molecule has 0 heterocycles. The Hall–Kier alpha value is -6.76. The van der Waals surface area contributed by atoms with Crippen molar-refractivity contribution in [3.8, 4) is 77.9 Å². The molecule has 0 amide bonds. The van der Waals surface area contributed by atoms with Gasteiger partial charge in [0.1, 0.15) is 0 Å². The van der Waals surface area contributed by atoms with Gasteiger partial charge < -0.3 is 0 Å². The highest BCUT2D eigenvalue weighted by molar-refractivity contribution is 6.26. The first-order valence-electron chi connectivity index (χ1n) is 19.9. The molecule has 10 aromatic rings. The average Bonchev–Trinajstić information content (AvgIpc) is 3.74. The summed E-state index contributed by atoms with van der Waals surface area (Å²) in [6.07, 6.45) is 0. The third-order valence-electron chi connectivity index (χ3n) is 12.7. The Bertz CT molecular complexity index is 3260. The summed E-state index contributed by atoms with van der Waals surface area (Å²) in [7, 11) is 0. The molecule has 2 aliphatic carbocycles. The summed E-state index contributed by atoms with van der Waals surface area (Å²) in [5.74, 6) is 0. The van der Waals surface area contributed by atoms with Crippen molar-refractivity contribution in [1.82, 2.24) is 0 Å². The van der Waals surface area contributed by atoms with E-state index in [1.165, 1.54) is 127 Å². The number of hydrogen-bond donors (Lipinski definition) is 0. The molecule has 10 aromatic carbocycles. The Morgan fingerprint density at radius 2 is 0.679 bits per heavy atom.